The molecule has 2 aromatic carbocycles. The van der Waals surface area contributed by atoms with E-state index in [4.69, 9.17) is 4.74 Å². The SMILES string of the molecule is O=C(COc1ccccc1)NNC(=O)c1ccc(NC(=O)C2CCCCC2)cc1. The van der Waals surface area contributed by atoms with Crippen molar-refractivity contribution in [2.45, 2.75) is 32.1 Å². The lowest BCUT2D eigenvalue weighted by molar-refractivity contribution is -0.124. The van der Waals surface area contributed by atoms with Gasteiger partial charge in [-0.3, -0.25) is 25.2 Å². The Morgan fingerprint density at radius 1 is 0.862 bits per heavy atom. The first kappa shape index (κ1) is 20.4. The van der Waals surface area contributed by atoms with Gasteiger partial charge in [0.2, 0.25) is 5.91 Å². The van der Waals surface area contributed by atoms with Gasteiger partial charge in [-0.2, -0.15) is 0 Å². The molecule has 3 rings (SSSR count). The van der Waals surface area contributed by atoms with Crippen LogP contribution in [0.5, 0.6) is 5.75 Å². The molecule has 1 aliphatic rings. The smallest absolute Gasteiger partial charge is 0.276 e. The number of ether oxygens (including phenoxy) is 1. The standard InChI is InChI=1S/C22H25N3O4/c26-20(15-29-19-9-5-2-6-10-19)24-25-22(28)17-11-13-18(14-12-17)23-21(27)16-7-3-1-4-8-16/h2,5-6,9-14,16H,1,3-4,7-8,15H2,(H,23,27)(H,24,26)(H,25,28). The molecule has 0 atom stereocenters. The number of hydrogen-bond donors (Lipinski definition) is 3. The second kappa shape index (κ2) is 10.3. The molecule has 0 heterocycles. The molecule has 1 saturated carbocycles. The summed E-state index contributed by atoms with van der Waals surface area (Å²) >= 11 is 0. The summed E-state index contributed by atoms with van der Waals surface area (Å²) in [5.41, 5.74) is 5.66. The van der Waals surface area contributed by atoms with Gasteiger partial charge in [0.05, 0.1) is 0 Å². The van der Waals surface area contributed by atoms with E-state index in [9.17, 15) is 14.4 Å². The van der Waals surface area contributed by atoms with Crippen LogP contribution in [0.1, 0.15) is 42.5 Å². The minimum Gasteiger partial charge on any atom is -0.484 e. The maximum Gasteiger partial charge on any atom is 0.276 e. The fourth-order valence-electron chi connectivity index (χ4n) is 3.21. The number of rotatable bonds is 6. The van der Waals surface area contributed by atoms with Crippen LogP contribution < -0.4 is 20.9 Å². The van der Waals surface area contributed by atoms with Gasteiger partial charge >= 0.3 is 0 Å². The Kier molecular flexibility index (Phi) is 7.22. The van der Waals surface area contributed by atoms with E-state index in [-0.39, 0.29) is 18.4 Å². The van der Waals surface area contributed by atoms with Crippen LogP contribution >= 0.6 is 0 Å². The predicted molar refractivity (Wildman–Crippen MR) is 109 cm³/mol. The number of carbonyl (C=O) groups is 3. The van der Waals surface area contributed by atoms with Gasteiger partial charge in [-0.1, -0.05) is 37.5 Å². The van der Waals surface area contributed by atoms with E-state index in [2.05, 4.69) is 16.2 Å². The van der Waals surface area contributed by atoms with Crippen LogP contribution in [0.3, 0.4) is 0 Å². The zero-order chi connectivity index (χ0) is 20.5. The van der Waals surface area contributed by atoms with E-state index < -0.39 is 11.8 Å². The molecule has 0 spiro atoms. The van der Waals surface area contributed by atoms with E-state index in [1.165, 1.54) is 6.42 Å². The van der Waals surface area contributed by atoms with Gasteiger partial charge in [-0.15, -0.1) is 0 Å². The van der Waals surface area contributed by atoms with Gasteiger partial charge in [-0.25, -0.2) is 0 Å². The molecule has 7 nitrogen and oxygen atoms in total. The van der Waals surface area contributed by atoms with E-state index in [1.807, 2.05) is 6.07 Å². The molecule has 0 radical (unpaired) electrons. The summed E-state index contributed by atoms with van der Waals surface area (Å²) in [6.45, 7) is -0.212. The normalized spacial score (nSPS) is 13.9. The highest BCUT2D eigenvalue weighted by Crippen LogP contribution is 2.25. The van der Waals surface area contributed by atoms with Gasteiger partial charge in [0.1, 0.15) is 5.75 Å². The molecule has 29 heavy (non-hydrogen) atoms. The average molecular weight is 395 g/mol. The zero-order valence-electron chi connectivity index (χ0n) is 16.1. The van der Waals surface area contributed by atoms with Crippen molar-refractivity contribution in [2.24, 2.45) is 5.92 Å². The Morgan fingerprint density at radius 3 is 2.24 bits per heavy atom. The fraction of sp³-hybridized carbons (Fsp3) is 0.318. The summed E-state index contributed by atoms with van der Waals surface area (Å²) in [6, 6.07) is 15.5. The highest BCUT2D eigenvalue weighted by molar-refractivity contribution is 5.97. The Bertz CT molecular complexity index is 831. The highest BCUT2D eigenvalue weighted by Gasteiger charge is 2.21. The zero-order valence-corrected chi connectivity index (χ0v) is 16.1. The molecule has 0 aromatic heterocycles. The number of nitrogens with one attached hydrogen (secondary N) is 3. The number of hydrazine groups is 1. The minimum absolute atomic E-state index is 0.0348. The quantitative estimate of drug-likeness (QED) is 0.655. The molecule has 3 N–H and O–H groups in total. The average Bonchev–Trinajstić information content (AvgIpc) is 2.78. The van der Waals surface area contributed by atoms with E-state index in [0.717, 1.165) is 25.7 Å². The molecule has 7 heteroatoms. The van der Waals surface area contributed by atoms with Crippen molar-refractivity contribution in [1.82, 2.24) is 10.9 Å². The molecule has 0 bridgehead atoms. The third-order valence-corrected chi connectivity index (χ3v) is 4.82. The third kappa shape index (κ3) is 6.34. The first-order valence-corrected chi connectivity index (χ1v) is 9.80. The Balaban J connectivity index is 1.42. The summed E-state index contributed by atoms with van der Waals surface area (Å²) in [5, 5.41) is 2.90. The highest BCUT2D eigenvalue weighted by atomic mass is 16.5. The topological polar surface area (TPSA) is 96.5 Å². The summed E-state index contributed by atoms with van der Waals surface area (Å²) < 4.78 is 5.30. The lowest BCUT2D eigenvalue weighted by atomic mass is 9.88. The van der Waals surface area contributed by atoms with Crippen LogP contribution in [0.4, 0.5) is 5.69 Å². The van der Waals surface area contributed by atoms with E-state index >= 15 is 0 Å². The number of amides is 3. The second-order valence-corrected chi connectivity index (χ2v) is 7.01. The van der Waals surface area contributed by atoms with Gasteiger partial charge in [0, 0.05) is 17.2 Å². The van der Waals surface area contributed by atoms with Crippen molar-refractivity contribution in [3.63, 3.8) is 0 Å². The van der Waals surface area contributed by atoms with Gasteiger partial charge in [0.25, 0.3) is 11.8 Å². The summed E-state index contributed by atoms with van der Waals surface area (Å²) in [4.78, 5) is 36.2. The number of anilines is 1. The molecule has 2 aromatic rings. The number of para-hydroxylation sites is 1. The van der Waals surface area contributed by atoms with Crippen LogP contribution in [0.15, 0.2) is 54.6 Å². The molecule has 1 fully saturated rings. The fourth-order valence-corrected chi connectivity index (χ4v) is 3.21. The lowest BCUT2D eigenvalue weighted by Gasteiger charge is -2.20. The largest absolute Gasteiger partial charge is 0.484 e. The first-order valence-electron chi connectivity index (χ1n) is 9.80. The van der Waals surface area contributed by atoms with Crippen LogP contribution in [0, 0.1) is 5.92 Å². The molecule has 0 unspecified atom stereocenters. The van der Waals surface area contributed by atoms with Crippen molar-refractivity contribution >= 4 is 23.4 Å². The molecule has 152 valence electrons. The Hall–Kier alpha value is -3.35. The number of hydrogen-bond acceptors (Lipinski definition) is 4. The molecular formula is C22H25N3O4. The third-order valence-electron chi connectivity index (χ3n) is 4.82. The van der Waals surface area contributed by atoms with Gasteiger partial charge in [-0.05, 0) is 49.2 Å². The number of benzene rings is 2. The maximum atomic E-state index is 12.3. The van der Waals surface area contributed by atoms with Crippen LogP contribution in [0.25, 0.3) is 0 Å². The van der Waals surface area contributed by atoms with Crippen LogP contribution in [-0.2, 0) is 9.59 Å². The van der Waals surface area contributed by atoms with Crippen LogP contribution in [-0.4, -0.2) is 24.3 Å². The molecular weight excluding hydrogens is 370 g/mol. The van der Waals surface area contributed by atoms with Crippen molar-refractivity contribution in [2.75, 3.05) is 11.9 Å². The Morgan fingerprint density at radius 2 is 1.55 bits per heavy atom. The van der Waals surface area contributed by atoms with Crippen molar-refractivity contribution in [3.8, 4) is 5.75 Å². The summed E-state index contributed by atoms with van der Waals surface area (Å²) in [6.07, 6.45) is 5.25. The van der Waals surface area contributed by atoms with E-state index in [1.54, 1.807) is 48.5 Å². The van der Waals surface area contributed by atoms with Crippen molar-refractivity contribution < 1.29 is 19.1 Å². The summed E-state index contributed by atoms with van der Waals surface area (Å²) in [7, 11) is 0. The predicted octanol–water partition coefficient (Wildman–Crippen LogP) is 3.05. The maximum absolute atomic E-state index is 12.3. The Labute approximate surface area is 169 Å². The number of carbonyl (C=O) groups excluding carboxylic acids is 3. The minimum atomic E-state index is -0.474. The van der Waals surface area contributed by atoms with Crippen molar-refractivity contribution in [3.05, 3.63) is 60.2 Å². The van der Waals surface area contributed by atoms with E-state index in [0.29, 0.717) is 17.0 Å². The van der Waals surface area contributed by atoms with Crippen molar-refractivity contribution in [1.29, 1.82) is 0 Å². The second-order valence-electron chi connectivity index (χ2n) is 7.01. The molecule has 1 aliphatic carbocycles. The lowest BCUT2D eigenvalue weighted by Crippen LogP contribution is -2.43. The van der Waals surface area contributed by atoms with Gasteiger partial charge < -0.3 is 10.1 Å². The van der Waals surface area contributed by atoms with Crippen LogP contribution in [0.2, 0.25) is 0 Å². The summed E-state index contributed by atoms with van der Waals surface area (Å²) in [5.74, 6) is -0.255. The molecule has 0 aliphatic heterocycles. The monoisotopic (exact) mass is 395 g/mol. The van der Waals surface area contributed by atoms with Gasteiger partial charge in [0.15, 0.2) is 6.61 Å². The first-order chi connectivity index (χ1) is 14.1. The molecule has 0 saturated heterocycles. The molecule has 3 amide bonds.